The SMILES string of the molecule is COC1CCN(C2CC(c3ccccc3)CCC2C#N)C1. The molecule has 2 aliphatic rings. The molecule has 0 spiro atoms. The average Bonchev–Trinajstić information content (AvgIpc) is 3.04. The molecule has 1 saturated heterocycles. The Bertz CT molecular complexity index is 496. The van der Waals surface area contributed by atoms with E-state index in [1.165, 1.54) is 5.56 Å². The van der Waals surface area contributed by atoms with E-state index in [9.17, 15) is 5.26 Å². The lowest BCUT2D eigenvalue weighted by atomic mass is 9.75. The van der Waals surface area contributed by atoms with E-state index in [0.29, 0.717) is 18.1 Å². The van der Waals surface area contributed by atoms with Crippen LogP contribution in [0.3, 0.4) is 0 Å². The highest BCUT2D eigenvalue weighted by Crippen LogP contribution is 2.39. The second-order valence-corrected chi connectivity index (χ2v) is 6.36. The summed E-state index contributed by atoms with van der Waals surface area (Å²) in [5, 5.41) is 9.49. The summed E-state index contributed by atoms with van der Waals surface area (Å²) in [6, 6.07) is 13.7. The van der Waals surface area contributed by atoms with Gasteiger partial charge in [-0.2, -0.15) is 5.26 Å². The van der Waals surface area contributed by atoms with Gasteiger partial charge < -0.3 is 4.74 Å². The van der Waals surface area contributed by atoms with Crippen LogP contribution in [0, 0.1) is 17.2 Å². The van der Waals surface area contributed by atoms with Crippen LogP contribution in [0.2, 0.25) is 0 Å². The maximum absolute atomic E-state index is 9.49. The third kappa shape index (κ3) is 3.12. The molecule has 1 aromatic carbocycles. The molecule has 3 rings (SSSR count). The molecule has 1 aromatic rings. The van der Waals surface area contributed by atoms with Crippen molar-refractivity contribution in [2.75, 3.05) is 20.2 Å². The predicted molar refractivity (Wildman–Crippen MR) is 82.9 cm³/mol. The minimum absolute atomic E-state index is 0.181. The highest BCUT2D eigenvalue weighted by Gasteiger charge is 2.38. The zero-order valence-electron chi connectivity index (χ0n) is 12.7. The molecule has 21 heavy (non-hydrogen) atoms. The first-order valence-corrected chi connectivity index (χ1v) is 8.03. The number of hydrogen-bond donors (Lipinski definition) is 0. The van der Waals surface area contributed by atoms with Crippen molar-refractivity contribution < 1.29 is 4.74 Å². The van der Waals surface area contributed by atoms with Gasteiger partial charge in [-0.1, -0.05) is 30.3 Å². The molecular formula is C18H24N2O. The number of rotatable bonds is 3. The standard InChI is InChI=1S/C18H24N2O/c1-21-17-9-10-20(13-17)18-11-15(7-8-16(18)12-19)14-5-3-2-4-6-14/h2-6,15-18H,7-11,13H2,1H3. The second-order valence-electron chi connectivity index (χ2n) is 6.36. The summed E-state index contributed by atoms with van der Waals surface area (Å²) in [4.78, 5) is 2.50. The number of benzene rings is 1. The largest absolute Gasteiger partial charge is 0.380 e. The number of nitrogens with zero attached hydrogens (tertiary/aromatic N) is 2. The molecule has 0 amide bonds. The molecule has 0 bridgehead atoms. The fourth-order valence-corrected chi connectivity index (χ4v) is 3.98. The Kier molecular flexibility index (Phi) is 4.57. The Morgan fingerprint density at radius 2 is 2.00 bits per heavy atom. The van der Waals surface area contributed by atoms with Gasteiger partial charge in [-0.15, -0.1) is 0 Å². The van der Waals surface area contributed by atoms with Crippen molar-refractivity contribution in [1.82, 2.24) is 4.90 Å². The van der Waals surface area contributed by atoms with Gasteiger partial charge in [0.1, 0.15) is 0 Å². The van der Waals surface area contributed by atoms with E-state index in [-0.39, 0.29) is 5.92 Å². The zero-order valence-corrected chi connectivity index (χ0v) is 12.7. The fraction of sp³-hybridized carbons (Fsp3) is 0.611. The summed E-state index contributed by atoms with van der Waals surface area (Å²) >= 11 is 0. The lowest BCUT2D eigenvalue weighted by molar-refractivity contribution is 0.0853. The molecule has 1 aliphatic heterocycles. The zero-order chi connectivity index (χ0) is 14.7. The lowest BCUT2D eigenvalue weighted by Crippen LogP contribution is -2.43. The average molecular weight is 284 g/mol. The fourth-order valence-electron chi connectivity index (χ4n) is 3.98. The van der Waals surface area contributed by atoms with Crippen molar-refractivity contribution >= 4 is 0 Å². The summed E-state index contributed by atoms with van der Waals surface area (Å²) in [6.07, 6.45) is 4.72. The summed E-state index contributed by atoms with van der Waals surface area (Å²) in [7, 11) is 1.80. The van der Waals surface area contributed by atoms with Crippen LogP contribution in [0.4, 0.5) is 0 Å². The van der Waals surface area contributed by atoms with E-state index in [0.717, 1.165) is 38.8 Å². The van der Waals surface area contributed by atoms with Crippen LogP contribution in [0.5, 0.6) is 0 Å². The molecule has 1 heterocycles. The van der Waals surface area contributed by atoms with Crippen LogP contribution < -0.4 is 0 Å². The molecular weight excluding hydrogens is 260 g/mol. The summed E-state index contributed by atoms with van der Waals surface area (Å²) in [5.74, 6) is 0.781. The summed E-state index contributed by atoms with van der Waals surface area (Å²) in [5.41, 5.74) is 1.43. The molecule has 112 valence electrons. The van der Waals surface area contributed by atoms with E-state index in [2.05, 4.69) is 41.3 Å². The van der Waals surface area contributed by atoms with Gasteiger partial charge in [0.2, 0.25) is 0 Å². The maximum Gasteiger partial charge on any atom is 0.0710 e. The first-order valence-electron chi connectivity index (χ1n) is 8.03. The number of methoxy groups -OCH3 is 1. The van der Waals surface area contributed by atoms with Gasteiger partial charge in [0.15, 0.2) is 0 Å². The number of likely N-dealkylation sites (tertiary alicyclic amines) is 1. The van der Waals surface area contributed by atoms with Crippen LogP contribution >= 0.6 is 0 Å². The summed E-state index contributed by atoms with van der Waals surface area (Å²) in [6.45, 7) is 2.06. The minimum atomic E-state index is 0.181. The Labute approximate surface area is 127 Å². The van der Waals surface area contributed by atoms with Gasteiger partial charge in [0, 0.05) is 26.2 Å². The van der Waals surface area contributed by atoms with Crippen molar-refractivity contribution in [3.05, 3.63) is 35.9 Å². The molecule has 1 aliphatic carbocycles. The Hall–Kier alpha value is -1.37. The Morgan fingerprint density at radius 3 is 2.67 bits per heavy atom. The molecule has 1 saturated carbocycles. The molecule has 3 heteroatoms. The van der Waals surface area contributed by atoms with E-state index in [4.69, 9.17) is 4.74 Å². The van der Waals surface area contributed by atoms with Gasteiger partial charge in [-0.3, -0.25) is 4.90 Å². The predicted octanol–water partition coefficient (Wildman–Crippen LogP) is 3.18. The Balaban J connectivity index is 1.72. The van der Waals surface area contributed by atoms with Crippen molar-refractivity contribution in [3.8, 4) is 6.07 Å². The molecule has 0 radical (unpaired) electrons. The highest BCUT2D eigenvalue weighted by atomic mass is 16.5. The monoisotopic (exact) mass is 284 g/mol. The quantitative estimate of drug-likeness (QED) is 0.855. The topological polar surface area (TPSA) is 36.3 Å². The van der Waals surface area contributed by atoms with E-state index >= 15 is 0 Å². The summed E-state index contributed by atoms with van der Waals surface area (Å²) < 4.78 is 5.49. The smallest absolute Gasteiger partial charge is 0.0710 e. The molecule has 2 fully saturated rings. The van der Waals surface area contributed by atoms with Crippen LogP contribution in [-0.2, 0) is 4.74 Å². The van der Waals surface area contributed by atoms with Gasteiger partial charge in [0.25, 0.3) is 0 Å². The van der Waals surface area contributed by atoms with Crippen molar-refractivity contribution in [3.63, 3.8) is 0 Å². The number of ether oxygens (including phenoxy) is 1. The molecule has 0 aromatic heterocycles. The molecule has 0 N–H and O–H groups in total. The van der Waals surface area contributed by atoms with Crippen molar-refractivity contribution in [2.45, 2.75) is 43.7 Å². The van der Waals surface area contributed by atoms with Crippen LogP contribution in [0.15, 0.2) is 30.3 Å². The molecule has 4 unspecified atom stereocenters. The van der Waals surface area contributed by atoms with Gasteiger partial charge in [-0.05, 0) is 37.2 Å². The van der Waals surface area contributed by atoms with Crippen molar-refractivity contribution in [1.29, 1.82) is 5.26 Å². The maximum atomic E-state index is 9.49. The highest BCUT2D eigenvalue weighted by molar-refractivity contribution is 5.21. The lowest BCUT2D eigenvalue weighted by Gasteiger charge is -2.38. The van der Waals surface area contributed by atoms with E-state index in [1.54, 1.807) is 7.11 Å². The van der Waals surface area contributed by atoms with E-state index < -0.39 is 0 Å². The number of nitriles is 1. The molecule has 4 atom stereocenters. The number of hydrogen-bond acceptors (Lipinski definition) is 3. The first kappa shape index (κ1) is 14.6. The molecule has 3 nitrogen and oxygen atoms in total. The van der Waals surface area contributed by atoms with Gasteiger partial charge >= 0.3 is 0 Å². The van der Waals surface area contributed by atoms with E-state index in [1.807, 2.05) is 0 Å². The Morgan fingerprint density at radius 1 is 1.19 bits per heavy atom. The van der Waals surface area contributed by atoms with Crippen LogP contribution in [-0.4, -0.2) is 37.2 Å². The minimum Gasteiger partial charge on any atom is -0.380 e. The normalized spacial score (nSPS) is 33.7. The van der Waals surface area contributed by atoms with Crippen molar-refractivity contribution in [2.24, 2.45) is 5.92 Å². The first-order chi connectivity index (χ1) is 10.3. The third-order valence-corrected chi connectivity index (χ3v) is 5.23. The second kappa shape index (κ2) is 6.60. The van der Waals surface area contributed by atoms with Gasteiger partial charge in [0.05, 0.1) is 18.1 Å². The van der Waals surface area contributed by atoms with Gasteiger partial charge in [-0.25, -0.2) is 0 Å². The van der Waals surface area contributed by atoms with Crippen LogP contribution in [0.1, 0.15) is 37.2 Å². The van der Waals surface area contributed by atoms with Crippen LogP contribution in [0.25, 0.3) is 0 Å². The third-order valence-electron chi connectivity index (χ3n) is 5.23.